The highest BCUT2D eigenvalue weighted by Gasteiger charge is 1.95. The van der Waals surface area contributed by atoms with Gasteiger partial charge in [-0.05, 0) is 31.2 Å². The average Bonchev–Trinajstić information content (AvgIpc) is 2.56. The Labute approximate surface area is 138 Å². The van der Waals surface area contributed by atoms with E-state index in [9.17, 15) is 0 Å². The van der Waals surface area contributed by atoms with E-state index in [-0.39, 0.29) is 0 Å². The maximum absolute atomic E-state index is 5.70. The molecule has 0 heterocycles. The van der Waals surface area contributed by atoms with Crippen LogP contribution in [0.4, 0.5) is 0 Å². The lowest BCUT2D eigenvalue weighted by molar-refractivity contribution is 0.125. The van der Waals surface area contributed by atoms with Crippen LogP contribution >= 0.6 is 0 Å². The van der Waals surface area contributed by atoms with Gasteiger partial charge in [-0.25, -0.2) is 0 Å². The van der Waals surface area contributed by atoms with Gasteiger partial charge in [0.15, 0.2) is 0 Å². The molecular weight excluding hydrogens is 268 g/mol. The third-order valence-electron chi connectivity index (χ3n) is 4.24. The van der Waals surface area contributed by atoms with Gasteiger partial charge in [-0.3, -0.25) is 0 Å². The van der Waals surface area contributed by atoms with E-state index in [1.807, 2.05) is 0 Å². The van der Waals surface area contributed by atoms with Crippen LogP contribution in [-0.4, -0.2) is 13.2 Å². The van der Waals surface area contributed by atoms with Crippen molar-refractivity contribution in [2.24, 2.45) is 0 Å². The minimum absolute atomic E-state index is 0.970. The van der Waals surface area contributed by atoms with Crippen LogP contribution < -0.4 is 0 Å². The summed E-state index contributed by atoms with van der Waals surface area (Å²) in [6.45, 7) is 4.21. The number of hydrogen-bond donors (Lipinski definition) is 0. The summed E-state index contributed by atoms with van der Waals surface area (Å²) in [4.78, 5) is 0. The summed E-state index contributed by atoms with van der Waals surface area (Å²) in [7, 11) is 0. The van der Waals surface area contributed by atoms with Crippen molar-refractivity contribution in [1.82, 2.24) is 0 Å². The monoisotopic (exact) mass is 304 g/mol. The zero-order valence-electron chi connectivity index (χ0n) is 14.7. The van der Waals surface area contributed by atoms with Gasteiger partial charge in [0, 0.05) is 13.2 Å². The zero-order valence-corrected chi connectivity index (χ0v) is 14.7. The molecule has 0 aliphatic heterocycles. The Morgan fingerprint density at radius 1 is 0.636 bits per heavy atom. The molecule has 1 heteroatoms. The highest BCUT2D eigenvalue weighted by Crippen LogP contribution is 2.10. The van der Waals surface area contributed by atoms with Gasteiger partial charge in [-0.15, -0.1) is 0 Å². The van der Waals surface area contributed by atoms with Gasteiger partial charge in [-0.2, -0.15) is 0 Å². The number of benzene rings is 1. The van der Waals surface area contributed by atoms with E-state index < -0.39 is 0 Å². The molecule has 0 bridgehead atoms. The average molecular weight is 305 g/mol. The minimum Gasteiger partial charge on any atom is -0.381 e. The number of unbranched alkanes of at least 4 members (excludes halogenated alkanes) is 9. The van der Waals surface area contributed by atoms with Gasteiger partial charge in [0.2, 0.25) is 0 Å². The molecule has 0 aliphatic rings. The molecule has 0 atom stereocenters. The third kappa shape index (κ3) is 11.8. The molecule has 0 fully saturated rings. The second-order valence-corrected chi connectivity index (χ2v) is 6.38. The van der Waals surface area contributed by atoms with E-state index in [4.69, 9.17) is 4.74 Å². The molecule has 0 saturated carbocycles. The lowest BCUT2D eigenvalue weighted by atomic mass is 10.1. The van der Waals surface area contributed by atoms with Gasteiger partial charge >= 0.3 is 0 Å². The van der Waals surface area contributed by atoms with Crippen molar-refractivity contribution < 1.29 is 4.74 Å². The van der Waals surface area contributed by atoms with Gasteiger partial charge < -0.3 is 4.74 Å². The summed E-state index contributed by atoms with van der Waals surface area (Å²) in [5, 5.41) is 0. The first-order chi connectivity index (χ1) is 10.9. The molecule has 0 N–H and O–H groups in total. The van der Waals surface area contributed by atoms with Gasteiger partial charge in [0.05, 0.1) is 0 Å². The molecule has 1 rings (SSSR count). The second-order valence-electron chi connectivity index (χ2n) is 6.38. The first-order valence-corrected chi connectivity index (χ1v) is 9.55. The fraction of sp³-hybridized carbons (Fsp3) is 0.714. The van der Waals surface area contributed by atoms with Crippen molar-refractivity contribution in [3.8, 4) is 0 Å². The standard InChI is InChI=1S/C21H36O/c1-2-3-4-8-14-19-22-20-15-9-6-5-7-11-16-21-17-12-10-13-18-21/h10,12-13,17-18H,2-9,11,14-16,19-20H2,1H3. The van der Waals surface area contributed by atoms with Gasteiger partial charge in [-0.1, -0.05) is 88.6 Å². The topological polar surface area (TPSA) is 9.23 Å². The van der Waals surface area contributed by atoms with Crippen LogP contribution in [0.1, 0.15) is 83.1 Å². The first-order valence-electron chi connectivity index (χ1n) is 9.55. The quantitative estimate of drug-likeness (QED) is 0.333. The lowest BCUT2D eigenvalue weighted by Gasteiger charge is -2.05. The zero-order chi connectivity index (χ0) is 15.7. The van der Waals surface area contributed by atoms with Crippen molar-refractivity contribution in [2.45, 2.75) is 84.0 Å². The molecule has 1 nitrogen and oxygen atoms in total. The molecule has 0 aromatic heterocycles. The van der Waals surface area contributed by atoms with Crippen molar-refractivity contribution in [3.63, 3.8) is 0 Å². The molecule has 0 spiro atoms. The molecule has 0 amide bonds. The lowest BCUT2D eigenvalue weighted by Crippen LogP contribution is -1.97. The molecular formula is C21H36O. The predicted octanol–water partition coefficient (Wildman–Crippen LogP) is 6.56. The van der Waals surface area contributed by atoms with E-state index in [0.29, 0.717) is 0 Å². The molecule has 1 aromatic carbocycles. The molecule has 0 radical (unpaired) electrons. The normalized spacial score (nSPS) is 11.0. The highest BCUT2D eigenvalue weighted by molar-refractivity contribution is 5.14. The van der Waals surface area contributed by atoms with Crippen molar-refractivity contribution in [3.05, 3.63) is 35.9 Å². The van der Waals surface area contributed by atoms with Crippen LogP contribution in [0.25, 0.3) is 0 Å². The molecule has 0 aliphatic carbocycles. The molecule has 0 saturated heterocycles. The van der Waals surface area contributed by atoms with Crippen molar-refractivity contribution >= 4 is 0 Å². The SMILES string of the molecule is CCCCCCCOCCCCCCCCc1ccccc1. The molecule has 22 heavy (non-hydrogen) atoms. The van der Waals surface area contributed by atoms with Gasteiger partial charge in [0.1, 0.15) is 0 Å². The van der Waals surface area contributed by atoms with Crippen molar-refractivity contribution in [1.29, 1.82) is 0 Å². The van der Waals surface area contributed by atoms with Crippen LogP contribution in [0, 0.1) is 0 Å². The maximum atomic E-state index is 5.70. The molecule has 1 aromatic rings. The summed E-state index contributed by atoms with van der Waals surface area (Å²) in [5.41, 5.74) is 1.48. The van der Waals surface area contributed by atoms with E-state index in [1.54, 1.807) is 0 Å². The van der Waals surface area contributed by atoms with Crippen molar-refractivity contribution in [2.75, 3.05) is 13.2 Å². The van der Waals surface area contributed by atoms with Crippen LogP contribution in [-0.2, 0) is 11.2 Å². The number of aryl methyl sites for hydroxylation is 1. The van der Waals surface area contributed by atoms with E-state index in [0.717, 1.165) is 13.2 Å². The highest BCUT2D eigenvalue weighted by atomic mass is 16.5. The summed E-state index contributed by atoms with van der Waals surface area (Å²) in [6.07, 6.45) is 15.9. The van der Waals surface area contributed by atoms with Crippen LogP contribution in [0.2, 0.25) is 0 Å². The Morgan fingerprint density at radius 3 is 1.82 bits per heavy atom. The van der Waals surface area contributed by atoms with E-state index >= 15 is 0 Å². The third-order valence-corrected chi connectivity index (χ3v) is 4.24. The Balaban J connectivity index is 1.73. The second kappa shape index (κ2) is 15.1. The smallest absolute Gasteiger partial charge is 0.0466 e. The number of ether oxygens (including phenoxy) is 1. The Hall–Kier alpha value is -0.820. The van der Waals surface area contributed by atoms with E-state index in [1.165, 1.54) is 82.6 Å². The fourth-order valence-corrected chi connectivity index (χ4v) is 2.79. The molecule has 0 unspecified atom stereocenters. The summed E-state index contributed by atoms with van der Waals surface area (Å²) in [5.74, 6) is 0. The Bertz CT molecular complexity index is 320. The number of rotatable bonds is 15. The van der Waals surface area contributed by atoms with E-state index in [2.05, 4.69) is 37.3 Å². The van der Waals surface area contributed by atoms with Crippen LogP contribution in [0.15, 0.2) is 30.3 Å². The first kappa shape index (κ1) is 19.2. The van der Waals surface area contributed by atoms with Crippen LogP contribution in [0.3, 0.4) is 0 Å². The fourth-order valence-electron chi connectivity index (χ4n) is 2.79. The van der Waals surface area contributed by atoms with Gasteiger partial charge in [0.25, 0.3) is 0 Å². The number of hydrogen-bond acceptors (Lipinski definition) is 1. The Kier molecular flexibility index (Phi) is 13.2. The summed E-state index contributed by atoms with van der Waals surface area (Å²) in [6, 6.07) is 10.8. The summed E-state index contributed by atoms with van der Waals surface area (Å²) < 4.78 is 5.70. The predicted molar refractivity (Wildman–Crippen MR) is 97.4 cm³/mol. The minimum atomic E-state index is 0.970. The summed E-state index contributed by atoms with van der Waals surface area (Å²) >= 11 is 0. The largest absolute Gasteiger partial charge is 0.381 e. The van der Waals surface area contributed by atoms with Crippen LogP contribution in [0.5, 0.6) is 0 Å². The Morgan fingerprint density at radius 2 is 1.18 bits per heavy atom. The maximum Gasteiger partial charge on any atom is 0.0466 e. The molecule has 126 valence electrons.